The average molecular weight is 295 g/mol. The van der Waals surface area contributed by atoms with Gasteiger partial charge in [-0.2, -0.15) is 0 Å². The number of rotatable bonds is 6. The summed E-state index contributed by atoms with van der Waals surface area (Å²) in [5, 5.41) is 2.49. The molecule has 0 atom stereocenters. The van der Waals surface area contributed by atoms with Crippen LogP contribution < -0.4 is 5.32 Å². The van der Waals surface area contributed by atoms with Crippen molar-refractivity contribution in [2.24, 2.45) is 5.92 Å². The first-order valence-electron chi connectivity index (χ1n) is 7.02. The molecule has 2 rings (SSSR count). The van der Waals surface area contributed by atoms with E-state index in [9.17, 15) is 13.2 Å². The van der Waals surface area contributed by atoms with Gasteiger partial charge in [0.15, 0.2) is 9.84 Å². The van der Waals surface area contributed by atoms with Gasteiger partial charge in [-0.15, -0.1) is 0 Å². The molecule has 0 aliphatic heterocycles. The SMILES string of the molecule is CC(C)S(=O)(=O)c1ccc(CCNC(=O)C2CC2)cc1. The lowest BCUT2D eigenvalue weighted by Gasteiger charge is -2.09. The van der Waals surface area contributed by atoms with Gasteiger partial charge in [0.25, 0.3) is 0 Å². The summed E-state index contributed by atoms with van der Waals surface area (Å²) in [5.74, 6) is 0.373. The summed E-state index contributed by atoms with van der Waals surface area (Å²) >= 11 is 0. The van der Waals surface area contributed by atoms with Crippen LogP contribution in [0.5, 0.6) is 0 Å². The molecule has 1 aliphatic carbocycles. The summed E-state index contributed by atoms with van der Waals surface area (Å²) in [6, 6.07) is 6.93. The highest BCUT2D eigenvalue weighted by atomic mass is 32.2. The summed E-state index contributed by atoms with van der Waals surface area (Å²) in [7, 11) is -3.20. The molecule has 0 bridgehead atoms. The van der Waals surface area contributed by atoms with E-state index in [4.69, 9.17) is 0 Å². The molecule has 1 N–H and O–H groups in total. The van der Waals surface area contributed by atoms with Crippen molar-refractivity contribution in [3.05, 3.63) is 29.8 Å². The fourth-order valence-electron chi connectivity index (χ4n) is 1.94. The van der Waals surface area contributed by atoms with Gasteiger partial charge in [0.1, 0.15) is 0 Å². The normalized spacial score (nSPS) is 15.3. The first kappa shape index (κ1) is 15.0. The highest BCUT2D eigenvalue weighted by Gasteiger charge is 2.29. The molecule has 0 saturated heterocycles. The predicted molar refractivity (Wildman–Crippen MR) is 78.2 cm³/mol. The third kappa shape index (κ3) is 3.60. The second kappa shape index (κ2) is 5.95. The summed E-state index contributed by atoms with van der Waals surface area (Å²) in [5.41, 5.74) is 1.03. The van der Waals surface area contributed by atoms with Gasteiger partial charge in [-0.3, -0.25) is 4.79 Å². The lowest BCUT2D eigenvalue weighted by atomic mass is 10.1. The molecule has 110 valence electrons. The number of hydrogen-bond acceptors (Lipinski definition) is 3. The van der Waals surface area contributed by atoms with Crippen LogP contribution in [0.25, 0.3) is 0 Å². The molecule has 5 heteroatoms. The lowest BCUT2D eigenvalue weighted by molar-refractivity contribution is -0.122. The topological polar surface area (TPSA) is 63.2 Å². The highest BCUT2D eigenvalue weighted by molar-refractivity contribution is 7.92. The van der Waals surface area contributed by atoms with Gasteiger partial charge in [0.2, 0.25) is 5.91 Å². The van der Waals surface area contributed by atoms with Gasteiger partial charge in [0.05, 0.1) is 10.1 Å². The molecular weight excluding hydrogens is 274 g/mol. The number of hydrogen-bond donors (Lipinski definition) is 1. The van der Waals surface area contributed by atoms with Crippen molar-refractivity contribution in [1.29, 1.82) is 0 Å². The zero-order chi connectivity index (χ0) is 14.8. The van der Waals surface area contributed by atoms with Crippen molar-refractivity contribution >= 4 is 15.7 Å². The summed E-state index contributed by atoms with van der Waals surface area (Å²) in [4.78, 5) is 11.8. The molecule has 0 spiro atoms. The van der Waals surface area contributed by atoms with Crippen molar-refractivity contribution in [3.63, 3.8) is 0 Å². The predicted octanol–water partition coefficient (Wildman–Crippen LogP) is 1.94. The van der Waals surface area contributed by atoms with E-state index < -0.39 is 15.1 Å². The number of nitrogens with one attached hydrogen (secondary N) is 1. The fraction of sp³-hybridized carbons (Fsp3) is 0.533. The Balaban J connectivity index is 1.89. The molecule has 0 aromatic heterocycles. The maximum atomic E-state index is 12.0. The van der Waals surface area contributed by atoms with Gasteiger partial charge < -0.3 is 5.32 Å². The van der Waals surface area contributed by atoms with Crippen molar-refractivity contribution in [1.82, 2.24) is 5.32 Å². The smallest absolute Gasteiger partial charge is 0.223 e. The highest BCUT2D eigenvalue weighted by Crippen LogP contribution is 2.28. The summed E-state index contributed by atoms with van der Waals surface area (Å²) in [6.45, 7) is 3.96. The lowest BCUT2D eigenvalue weighted by Crippen LogP contribution is -2.26. The molecule has 1 amide bonds. The van der Waals surface area contributed by atoms with Gasteiger partial charge in [-0.25, -0.2) is 8.42 Å². The van der Waals surface area contributed by atoms with E-state index in [0.29, 0.717) is 11.4 Å². The first-order chi connectivity index (χ1) is 9.41. The number of carbonyl (C=O) groups is 1. The number of amides is 1. The largest absolute Gasteiger partial charge is 0.356 e. The average Bonchev–Trinajstić information content (AvgIpc) is 3.23. The van der Waals surface area contributed by atoms with E-state index in [1.165, 1.54) is 0 Å². The molecule has 1 saturated carbocycles. The monoisotopic (exact) mass is 295 g/mol. The van der Waals surface area contributed by atoms with Crippen LogP contribution in [0.2, 0.25) is 0 Å². The standard InChI is InChI=1S/C15H21NO3S/c1-11(2)20(18,19)14-7-3-12(4-8-14)9-10-16-15(17)13-5-6-13/h3-4,7-8,11,13H,5-6,9-10H2,1-2H3,(H,16,17). The molecule has 0 heterocycles. The third-order valence-corrected chi connectivity index (χ3v) is 5.70. The molecule has 1 aromatic carbocycles. The Morgan fingerprint density at radius 2 is 1.85 bits per heavy atom. The fourth-order valence-corrected chi connectivity index (χ4v) is 3.00. The van der Waals surface area contributed by atoms with E-state index in [0.717, 1.165) is 24.8 Å². The van der Waals surface area contributed by atoms with Crippen molar-refractivity contribution < 1.29 is 13.2 Å². The van der Waals surface area contributed by atoms with E-state index >= 15 is 0 Å². The number of sulfone groups is 1. The molecular formula is C15H21NO3S. The zero-order valence-corrected chi connectivity index (χ0v) is 12.7. The maximum absolute atomic E-state index is 12.0. The summed E-state index contributed by atoms with van der Waals surface area (Å²) < 4.78 is 23.9. The molecule has 0 unspecified atom stereocenters. The van der Waals surface area contributed by atoms with Crippen LogP contribution >= 0.6 is 0 Å². The van der Waals surface area contributed by atoms with E-state index in [1.54, 1.807) is 26.0 Å². The molecule has 1 aromatic rings. The van der Waals surface area contributed by atoms with Crippen LogP contribution in [0.4, 0.5) is 0 Å². The van der Waals surface area contributed by atoms with E-state index in [2.05, 4.69) is 5.32 Å². The second-order valence-corrected chi connectivity index (χ2v) is 8.06. The van der Waals surface area contributed by atoms with Crippen molar-refractivity contribution in [3.8, 4) is 0 Å². The van der Waals surface area contributed by atoms with Gasteiger partial charge in [-0.1, -0.05) is 12.1 Å². The number of carbonyl (C=O) groups excluding carboxylic acids is 1. The Morgan fingerprint density at radius 3 is 2.35 bits per heavy atom. The van der Waals surface area contributed by atoms with Crippen LogP contribution in [-0.2, 0) is 21.1 Å². The van der Waals surface area contributed by atoms with Crippen LogP contribution in [0, 0.1) is 5.92 Å². The Labute approximate surface area is 120 Å². The first-order valence-corrected chi connectivity index (χ1v) is 8.56. The minimum absolute atomic E-state index is 0.143. The second-order valence-electron chi connectivity index (χ2n) is 5.55. The quantitative estimate of drug-likeness (QED) is 0.872. The number of benzene rings is 1. The molecule has 1 aliphatic rings. The van der Waals surface area contributed by atoms with Gasteiger partial charge in [0, 0.05) is 12.5 Å². The van der Waals surface area contributed by atoms with Crippen LogP contribution in [-0.4, -0.2) is 26.1 Å². The molecule has 1 fully saturated rings. The minimum Gasteiger partial charge on any atom is -0.356 e. The minimum atomic E-state index is -3.20. The van der Waals surface area contributed by atoms with Gasteiger partial charge in [-0.05, 0) is 50.8 Å². The Bertz CT molecular complexity index is 572. The Hall–Kier alpha value is -1.36. The van der Waals surface area contributed by atoms with E-state index in [1.807, 2.05) is 12.1 Å². The van der Waals surface area contributed by atoms with Crippen molar-refractivity contribution in [2.75, 3.05) is 6.54 Å². The van der Waals surface area contributed by atoms with Gasteiger partial charge >= 0.3 is 0 Å². The summed E-state index contributed by atoms with van der Waals surface area (Å²) in [6.07, 6.45) is 2.74. The molecule has 4 nitrogen and oxygen atoms in total. The van der Waals surface area contributed by atoms with Crippen LogP contribution in [0.3, 0.4) is 0 Å². The van der Waals surface area contributed by atoms with Crippen molar-refractivity contribution in [2.45, 2.75) is 43.3 Å². The van der Waals surface area contributed by atoms with E-state index in [-0.39, 0.29) is 11.8 Å². The van der Waals surface area contributed by atoms with Crippen LogP contribution in [0.1, 0.15) is 32.3 Å². The Kier molecular flexibility index (Phi) is 4.48. The van der Waals surface area contributed by atoms with Crippen LogP contribution in [0.15, 0.2) is 29.2 Å². The zero-order valence-electron chi connectivity index (χ0n) is 11.9. The maximum Gasteiger partial charge on any atom is 0.223 e. The molecule has 20 heavy (non-hydrogen) atoms. The molecule has 0 radical (unpaired) electrons. The third-order valence-electron chi connectivity index (χ3n) is 3.53. The Morgan fingerprint density at radius 1 is 1.25 bits per heavy atom.